The smallest absolute Gasteiger partial charge is 0.253 e. The molecule has 0 bridgehead atoms. The molecule has 35 heavy (non-hydrogen) atoms. The van der Waals surface area contributed by atoms with Gasteiger partial charge in [-0.3, -0.25) is 9.59 Å². The zero-order valence-electron chi connectivity index (χ0n) is 19.6. The fourth-order valence-corrected chi connectivity index (χ4v) is 3.97. The average molecular weight is 473 g/mol. The summed E-state index contributed by atoms with van der Waals surface area (Å²) < 4.78 is 11.0. The van der Waals surface area contributed by atoms with Crippen LogP contribution in [0.3, 0.4) is 0 Å². The van der Waals surface area contributed by atoms with Crippen molar-refractivity contribution in [3.05, 3.63) is 72.4 Å². The van der Waals surface area contributed by atoms with Crippen LogP contribution in [-0.2, 0) is 14.3 Å². The Labute approximate surface area is 204 Å². The summed E-state index contributed by atoms with van der Waals surface area (Å²) >= 11 is 0. The third-order valence-electron chi connectivity index (χ3n) is 6.00. The number of nitrogens with one attached hydrogen (secondary N) is 2. The minimum Gasteiger partial charge on any atom is -0.355 e. The van der Waals surface area contributed by atoms with Gasteiger partial charge in [-0.2, -0.15) is 0 Å². The van der Waals surface area contributed by atoms with Crippen LogP contribution in [0.25, 0.3) is 11.1 Å². The summed E-state index contributed by atoms with van der Waals surface area (Å²) in [5.74, 6) is 0.453. The lowest BCUT2D eigenvalue weighted by atomic mass is 10.0. The molecule has 2 aromatic carbocycles. The molecular formula is C27H28N4O4. The van der Waals surface area contributed by atoms with Gasteiger partial charge in [0.2, 0.25) is 5.91 Å². The lowest BCUT2D eigenvalue weighted by Crippen LogP contribution is -2.34. The van der Waals surface area contributed by atoms with Gasteiger partial charge >= 0.3 is 0 Å². The Kier molecular flexibility index (Phi) is 6.74. The van der Waals surface area contributed by atoms with Gasteiger partial charge in [0.15, 0.2) is 6.29 Å². The van der Waals surface area contributed by atoms with Crippen molar-refractivity contribution in [1.82, 2.24) is 9.88 Å². The Bertz CT molecular complexity index is 1210. The number of likely N-dealkylation sites (N-methyl/N-ethyl adjacent to an activating group) is 1. The highest BCUT2D eigenvalue weighted by Crippen LogP contribution is 2.31. The molecule has 0 spiro atoms. The number of nitrogens with zero attached hydrogens (tertiary/aromatic N) is 2. The quantitative estimate of drug-likeness (QED) is 0.508. The topological polar surface area (TPSA) is 92.8 Å². The number of rotatable bonds is 8. The van der Waals surface area contributed by atoms with Crippen LogP contribution in [-0.4, -0.2) is 54.8 Å². The molecule has 2 amide bonds. The standard InChI is InChI=1S/C27H28N4O4/c1-31(17-25-34-11-12-35-25)27(33)21-13-20(14-23(15-21)29-22-5-3-2-4-6-22)19-9-10-28-24(16-19)30-26(32)18-7-8-18/h2-6,9-10,13-16,18,25,29H,7-8,11-12,17H2,1H3,(H,28,30,32). The van der Waals surface area contributed by atoms with Crippen LogP contribution in [0.1, 0.15) is 23.2 Å². The van der Waals surface area contributed by atoms with E-state index in [9.17, 15) is 9.59 Å². The number of benzene rings is 2. The summed E-state index contributed by atoms with van der Waals surface area (Å²) in [4.78, 5) is 31.4. The lowest BCUT2D eigenvalue weighted by molar-refractivity contribution is -0.117. The first-order valence-electron chi connectivity index (χ1n) is 11.8. The Balaban J connectivity index is 1.44. The van der Waals surface area contributed by atoms with Crippen LogP contribution in [0, 0.1) is 5.92 Å². The fourth-order valence-electron chi connectivity index (χ4n) is 3.97. The van der Waals surface area contributed by atoms with Crippen LogP contribution in [0.2, 0.25) is 0 Å². The van der Waals surface area contributed by atoms with Crippen LogP contribution < -0.4 is 10.6 Å². The summed E-state index contributed by atoms with van der Waals surface area (Å²) in [5.41, 5.74) is 3.90. The molecule has 5 rings (SSSR count). The number of amides is 2. The summed E-state index contributed by atoms with van der Waals surface area (Å²) in [6, 6.07) is 19.2. The normalized spacial score (nSPS) is 15.6. The molecule has 0 radical (unpaired) electrons. The van der Waals surface area contributed by atoms with Crippen LogP contribution in [0.15, 0.2) is 66.9 Å². The van der Waals surface area contributed by atoms with Gasteiger partial charge in [-0.25, -0.2) is 4.98 Å². The second kappa shape index (κ2) is 10.2. The van der Waals surface area contributed by atoms with Gasteiger partial charge in [0, 0.05) is 36.1 Å². The van der Waals surface area contributed by atoms with E-state index in [0.717, 1.165) is 35.3 Å². The second-order valence-electron chi connectivity index (χ2n) is 8.84. The van der Waals surface area contributed by atoms with E-state index in [1.165, 1.54) is 0 Å². The predicted octanol–water partition coefficient (Wildman–Crippen LogP) is 4.29. The van der Waals surface area contributed by atoms with E-state index < -0.39 is 6.29 Å². The highest BCUT2D eigenvalue weighted by molar-refractivity contribution is 5.97. The van der Waals surface area contributed by atoms with Gasteiger partial charge in [-0.15, -0.1) is 0 Å². The average Bonchev–Trinajstić information content (AvgIpc) is 3.61. The van der Waals surface area contributed by atoms with E-state index in [1.807, 2.05) is 60.7 Å². The van der Waals surface area contributed by atoms with Crippen molar-refractivity contribution >= 4 is 29.0 Å². The molecule has 1 saturated heterocycles. The second-order valence-corrected chi connectivity index (χ2v) is 8.84. The Morgan fingerprint density at radius 2 is 1.74 bits per heavy atom. The number of pyridine rings is 1. The predicted molar refractivity (Wildman–Crippen MR) is 133 cm³/mol. The molecule has 1 aromatic heterocycles. The minimum atomic E-state index is -0.410. The minimum absolute atomic E-state index is 0.00277. The summed E-state index contributed by atoms with van der Waals surface area (Å²) in [6.45, 7) is 1.42. The maximum atomic E-state index is 13.3. The maximum Gasteiger partial charge on any atom is 0.253 e. The molecule has 1 aliphatic carbocycles. The van der Waals surface area contributed by atoms with Crippen LogP contribution >= 0.6 is 0 Å². The third-order valence-corrected chi connectivity index (χ3v) is 6.00. The van der Waals surface area contributed by atoms with Crippen molar-refractivity contribution < 1.29 is 19.1 Å². The Morgan fingerprint density at radius 3 is 2.49 bits per heavy atom. The maximum absolute atomic E-state index is 13.3. The molecule has 3 aromatic rings. The van der Waals surface area contributed by atoms with E-state index in [1.54, 1.807) is 18.1 Å². The van der Waals surface area contributed by atoms with Gasteiger partial charge in [-0.1, -0.05) is 18.2 Å². The molecule has 0 atom stereocenters. The highest BCUT2D eigenvalue weighted by atomic mass is 16.7. The highest BCUT2D eigenvalue weighted by Gasteiger charge is 2.29. The van der Waals surface area contributed by atoms with Crippen molar-refractivity contribution in [2.45, 2.75) is 19.1 Å². The number of carbonyl (C=O) groups excluding carboxylic acids is 2. The Morgan fingerprint density at radius 1 is 0.971 bits per heavy atom. The molecule has 2 heterocycles. The van der Waals surface area contributed by atoms with E-state index in [2.05, 4.69) is 15.6 Å². The van der Waals surface area contributed by atoms with Gasteiger partial charge < -0.3 is 25.0 Å². The molecule has 2 fully saturated rings. The molecule has 0 unspecified atom stereocenters. The number of aromatic nitrogens is 1. The van der Waals surface area contributed by atoms with Crippen LogP contribution in [0.4, 0.5) is 17.2 Å². The first kappa shape index (κ1) is 23.0. The van der Waals surface area contributed by atoms with Crippen molar-refractivity contribution in [2.75, 3.05) is 37.4 Å². The first-order valence-corrected chi connectivity index (χ1v) is 11.8. The molecule has 1 saturated carbocycles. The molecule has 8 nitrogen and oxygen atoms in total. The van der Waals surface area contributed by atoms with Crippen LogP contribution in [0.5, 0.6) is 0 Å². The third kappa shape index (κ3) is 5.85. The number of para-hydroxylation sites is 1. The monoisotopic (exact) mass is 472 g/mol. The SMILES string of the molecule is CN(CC1OCCO1)C(=O)c1cc(Nc2ccccc2)cc(-c2ccnc(NC(=O)C3CC3)c2)c1. The summed E-state index contributed by atoms with van der Waals surface area (Å²) in [7, 11) is 1.74. The molecular weight excluding hydrogens is 444 g/mol. The van der Waals surface area contributed by atoms with Gasteiger partial charge in [0.05, 0.1) is 19.8 Å². The largest absolute Gasteiger partial charge is 0.355 e. The number of ether oxygens (including phenoxy) is 2. The van der Waals surface area contributed by atoms with Gasteiger partial charge in [0.25, 0.3) is 5.91 Å². The zero-order valence-corrected chi connectivity index (χ0v) is 19.6. The molecule has 2 N–H and O–H groups in total. The number of carbonyl (C=O) groups is 2. The van der Waals surface area contributed by atoms with Crippen molar-refractivity contribution in [1.29, 1.82) is 0 Å². The lowest BCUT2D eigenvalue weighted by Gasteiger charge is -2.21. The first-order chi connectivity index (χ1) is 17.0. The summed E-state index contributed by atoms with van der Waals surface area (Å²) in [5, 5.41) is 6.28. The van der Waals surface area contributed by atoms with Crippen molar-refractivity contribution in [3.63, 3.8) is 0 Å². The number of hydrogen-bond acceptors (Lipinski definition) is 6. The molecule has 8 heteroatoms. The molecule has 2 aliphatic rings. The van der Waals surface area contributed by atoms with Crippen molar-refractivity contribution in [2.24, 2.45) is 5.92 Å². The summed E-state index contributed by atoms with van der Waals surface area (Å²) in [6.07, 6.45) is 3.10. The Hall–Kier alpha value is -3.75. The van der Waals surface area contributed by atoms with E-state index >= 15 is 0 Å². The van der Waals surface area contributed by atoms with Crippen molar-refractivity contribution in [3.8, 4) is 11.1 Å². The van der Waals surface area contributed by atoms with E-state index in [0.29, 0.717) is 31.1 Å². The number of hydrogen-bond donors (Lipinski definition) is 2. The van der Waals surface area contributed by atoms with Gasteiger partial charge in [-0.05, 0) is 66.4 Å². The zero-order chi connectivity index (χ0) is 24.2. The molecule has 180 valence electrons. The fraction of sp³-hybridized carbons (Fsp3) is 0.296. The van der Waals surface area contributed by atoms with Gasteiger partial charge in [0.1, 0.15) is 5.82 Å². The van der Waals surface area contributed by atoms with E-state index in [4.69, 9.17) is 9.47 Å². The molecule has 1 aliphatic heterocycles. The number of anilines is 3. The van der Waals surface area contributed by atoms with E-state index in [-0.39, 0.29) is 17.7 Å².